The molecular formula is C6H9NO2. The molecule has 2 fully saturated rings. The Morgan fingerprint density at radius 1 is 1.67 bits per heavy atom. The summed E-state index contributed by atoms with van der Waals surface area (Å²) in [6.07, 6.45) is 2.17. The molecule has 0 aliphatic carbocycles. The van der Waals surface area contributed by atoms with E-state index in [0.717, 1.165) is 19.4 Å². The van der Waals surface area contributed by atoms with Crippen molar-refractivity contribution in [2.24, 2.45) is 0 Å². The van der Waals surface area contributed by atoms with Gasteiger partial charge >= 0.3 is 6.09 Å². The highest BCUT2D eigenvalue weighted by atomic mass is 16.6. The van der Waals surface area contributed by atoms with Gasteiger partial charge in [0.05, 0.1) is 6.04 Å². The van der Waals surface area contributed by atoms with Crippen molar-refractivity contribution in [3.63, 3.8) is 0 Å². The third-order valence-electron chi connectivity index (χ3n) is 2.01. The van der Waals surface area contributed by atoms with Crippen LogP contribution in [0.4, 0.5) is 4.79 Å². The van der Waals surface area contributed by atoms with Crippen molar-refractivity contribution in [3.8, 4) is 0 Å². The van der Waals surface area contributed by atoms with Gasteiger partial charge in [0.1, 0.15) is 6.61 Å². The predicted molar refractivity (Wildman–Crippen MR) is 31.1 cm³/mol. The third kappa shape index (κ3) is 0.605. The molecule has 9 heavy (non-hydrogen) atoms. The zero-order valence-electron chi connectivity index (χ0n) is 5.17. The lowest BCUT2D eigenvalue weighted by molar-refractivity contribution is 0.159. The van der Waals surface area contributed by atoms with Crippen molar-refractivity contribution in [2.45, 2.75) is 18.9 Å². The highest BCUT2D eigenvalue weighted by Crippen LogP contribution is 2.23. The topological polar surface area (TPSA) is 29.5 Å². The van der Waals surface area contributed by atoms with E-state index in [2.05, 4.69) is 0 Å². The van der Waals surface area contributed by atoms with Crippen molar-refractivity contribution in [2.75, 3.05) is 13.2 Å². The van der Waals surface area contributed by atoms with Crippen molar-refractivity contribution in [3.05, 3.63) is 0 Å². The molecule has 3 nitrogen and oxygen atoms in total. The zero-order valence-corrected chi connectivity index (χ0v) is 5.17. The van der Waals surface area contributed by atoms with Crippen LogP contribution in [-0.4, -0.2) is 30.2 Å². The Hall–Kier alpha value is -0.730. The third-order valence-corrected chi connectivity index (χ3v) is 2.01. The standard InChI is InChI=1S/C6H9NO2/c8-6-7-3-1-2-5(7)4-9-6/h5H,1-4H2/t5-/m0/s1. The van der Waals surface area contributed by atoms with Crippen molar-refractivity contribution >= 4 is 6.09 Å². The summed E-state index contributed by atoms with van der Waals surface area (Å²) < 4.78 is 4.81. The first kappa shape index (κ1) is 5.09. The second-order valence-electron chi connectivity index (χ2n) is 2.57. The van der Waals surface area contributed by atoms with Crippen LogP contribution in [0.15, 0.2) is 0 Å². The van der Waals surface area contributed by atoms with E-state index < -0.39 is 0 Å². The van der Waals surface area contributed by atoms with Crippen molar-refractivity contribution in [1.82, 2.24) is 4.90 Å². The second kappa shape index (κ2) is 1.62. The summed E-state index contributed by atoms with van der Waals surface area (Å²) in [6.45, 7) is 1.53. The van der Waals surface area contributed by atoms with Gasteiger partial charge < -0.3 is 9.64 Å². The van der Waals surface area contributed by atoms with Gasteiger partial charge in [-0.1, -0.05) is 0 Å². The highest BCUT2D eigenvalue weighted by molar-refractivity contribution is 5.70. The molecule has 2 aliphatic heterocycles. The molecule has 0 unspecified atom stereocenters. The molecule has 0 saturated carbocycles. The Labute approximate surface area is 53.6 Å². The quantitative estimate of drug-likeness (QED) is 0.477. The summed E-state index contributed by atoms with van der Waals surface area (Å²) in [4.78, 5) is 12.6. The molecule has 2 heterocycles. The fourth-order valence-corrected chi connectivity index (χ4v) is 1.50. The summed E-state index contributed by atoms with van der Waals surface area (Å²) in [5.74, 6) is 0. The van der Waals surface area contributed by atoms with E-state index >= 15 is 0 Å². The van der Waals surface area contributed by atoms with Crippen LogP contribution < -0.4 is 0 Å². The van der Waals surface area contributed by atoms with E-state index in [-0.39, 0.29) is 6.09 Å². The molecule has 2 aliphatic rings. The van der Waals surface area contributed by atoms with Crippen LogP contribution in [0.25, 0.3) is 0 Å². The van der Waals surface area contributed by atoms with Gasteiger partial charge in [-0.05, 0) is 12.8 Å². The van der Waals surface area contributed by atoms with E-state index in [1.165, 1.54) is 0 Å². The van der Waals surface area contributed by atoms with Gasteiger partial charge in [-0.15, -0.1) is 0 Å². The lowest BCUT2D eigenvalue weighted by Gasteiger charge is -2.08. The van der Waals surface area contributed by atoms with E-state index in [1.54, 1.807) is 0 Å². The molecule has 2 saturated heterocycles. The maximum absolute atomic E-state index is 10.8. The average molecular weight is 127 g/mol. The molecule has 1 atom stereocenters. The van der Waals surface area contributed by atoms with Crippen LogP contribution in [0.3, 0.4) is 0 Å². The summed E-state index contributed by atoms with van der Waals surface area (Å²) in [5, 5.41) is 0. The molecule has 1 amide bonds. The number of rotatable bonds is 0. The first-order valence-corrected chi connectivity index (χ1v) is 3.31. The average Bonchev–Trinajstić information content (AvgIpc) is 2.35. The number of carbonyl (C=O) groups excluding carboxylic acids is 1. The zero-order chi connectivity index (χ0) is 6.27. The minimum atomic E-state index is -0.113. The molecule has 0 bridgehead atoms. The lowest BCUT2D eigenvalue weighted by Crippen LogP contribution is -2.26. The van der Waals surface area contributed by atoms with Gasteiger partial charge in [-0.3, -0.25) is 0 Å². The van der Waals surface area contributed by atoms with Gasteiger partial charge in [0.15, 0.2) is 0 Å². The first-order chi connectivity index (χ1) is 4.38. The number of hydrogen-bond acceptors (Lipinski definition) is 2. The summed E-state index contributed by atoms with van der Waals surface area (Å²) >= 11 is 0. The predicted octanol–water partition coefficient (Wildman–Crippen LogP) is 0.601. The Morgan fingerprint density at radius 3 is 3.33 bits per heavy atom. The fourth-order valence-electron chi connectivity index (χ4n) is 1.50. The van der Waals surface area contributed by atoms with Gasteiger partial charge in [0, 0.05) is 6.54 Å². The van der Waals surface area contributed by atoms with E-state index in [0.29, 0.717) is 12.6 Å². The van der Waals surface area contributed by atoms with Gasteiger partial charge in [-0.2, -0.15) is 0 Å². The maximum atomic E-state index is 10.8. The van der Waals surface area contributed by atoms with Crippen LogP contribution in [0, 0.1) is 0 Å². The Kier molecular flexibility index (Phi) is 0.917. The molecule has 50 valence electrons. The molecule has 3 heteroatoms. The highest BCUT2D eigenvalue weighted by Gasteiger charge is 2.35. The molecule has 0 aromatic heterocycles. The van der Waals surface area contributed by atoms with Gasteiger partial charge in [0.25, 0.3) is 0 Å². The number of hydrogen-bond donors (Lipinski definition) is 0. The summed E-state index contributed by atoms with van der Waals surface area (Å²) in [5.41, 5.74) is 0. The van der Waals surface area contributed by atoms with Crippen LogP contribution in [0.2, 0.25) is 0 Å². The van der Waals surface area contributed by atoms with E-state index in [9.17, 15) is 4.79 Å². The minimum absolute atomic E-state index is 0.113. The van der Waals surface area contributed by atoms with Crippen LogP contribution in [0.1, 0.15) is 12.8 Å². The second-order valence-corrected chi connectivity index (χ2v) is 2.57. The molecule has 0 spiro atoms. The Balaban J connectivity index is 2.15. The van der Waals surface area contributed by atoms with Gasteiger partial charge in [-0.25, -0.2) is 4.79 Å². The normalized spacial score (nSPS) is 32.7. The monoisotopic (exact) mass is 127 g/mol. The minimum Gasteiger partial charge on any atom is -0.447 e. The fraction of sp³-hybridized carbons (Fsp3) is 0.833. The molecule has 0 N–H and O–H groups in total. The summed E-state index contributed by atoms with van der Waals surface area (Å²) in [7, 11) is 0. The van der Waals surface area contributed by atoms with Crippen LogP contribution >= 0.6 is 0 Å². The Morgan fingerprint density at radius 2 is 2.56 bits per heavy atom. The van der Waals surface area contributed by atoms with Crippen LogP contribution in [0.5, 0.6) is 0 Å². The SMILES string of the molecule is O=C1OC[C@@H]2CCCN12. The number of fused-ring (bicyclic) bond motifs is 1. The Bertz CT molecular complexity index is 146. The summed E-state index contributed by atoms with van der Waals surface area (Å²) in [6, 6.07) is 0.414. The molecule has 0 aromatic rings. The largest absolute Gasteiger partial charge is 0.447 e. The molecule has 0 radical (unpaired) electrons. The van der Waals surface area contributed by atoms with Gasteiger partial charge in [0.2, 0.25) is 0 Å². The van der Waals surface area contributed by atoms with Crippen molar-refractivity contribution in [1.29, 1.82) is 0 Å². The maximum Gasteiger partial charge on any atom is 0.410 e. The van der Waals surface area contributed by atoms with E-state index in [1.807, 2.05) is 4.90 Å². The lowest BCUT2D eigenvalue weighted by atomic mass is 10.2. The molecule has 2 rings (SSSR count). The number of amides is 1. The molecule has 0 aromatic carbocycles. The van der Waals surface area contributed by atoms with Crippen LogP contribution in [-0.2, 0) is 4.74 Å². The van der Waals surface area contributed by atoms with Crippen molar-refractivity contribution < 1.29 is 9.53 Å². The molecular weight excluding hydrogens is 118 g/mol. The first-order valence-electron chi connectivity index (χ1n) is 3.31. The number of cyclic esters (lactones) is 1. The number of nitrogens with zero attached hydrogens (tertiary/aromatic N) is 1. The smallest absolute Gasteiger partial charge is 0.410 e. The number of ether oxygens (including phenoxy) is 1. The van der Waals surface area contributed by atoms with E-state index in [4.69, 9.17) is 4.74 Å². The number of carbonyl (C=O) groups is 1.